The van der Waals surface area contributed by atoms with Crippen LogP contribution in [0.25, 0.3) is 16.2 Å². The number of amides is 1. The summed E-state index contributed by atoms with van der Waals surface area (Å²) >= 11 is 1.60. The highest BCUT2D eigenvalue weighted by Crippen LogP contribution is 2.26. The molecule has 142 valence electrons. The third-order valence-corrected chi connectivity index (χ3v) is 5.17. The maximum Gasteiger partial charge on any atom is 0.228 e. The number of fused-ring (bicyclic) bond motifs is 1. The molecular weight excluding hydrogens is 374 g/mol. The molecule has 0 saturated heterocycles. The van der Waals surface area contributed by atoms with Gasteiger partial charge in [-0.25, -0.2) is 4.98 Å². The lowest BCUT2D eigenvalue weighted by Crippen LogP contribution is -2.14. The van der Waals surface area contributed by atoms with E-state index in [0.29, 0.717) is 11.5 Å². The SMILES string of the molecule is COc1ccc(CC(=O)Nc2ccc(-c3cn4ccsc4n3)cc2)c(OC)c1. The lowest BCUT2D eigenvalue weighted by Gasteiger charge is -2.11. The van der Waals surface area contributed by atoms with E-state index in [1.165, 1.54) is 0 Å². The monoisotopic (exact) mass is 393 g/mol. The number of aromatic nitrogens is 2. The summed E-state index contributed by atoms with van der Waals surface area (Å²) in [5, 5.41) is 4.92. The maximum atomic E-state index is 12.4. The Kier molecular flexibility index (Phi) is 4.99. The van der Waals surface area contributed by atoms with E-state index in [2.05, 4.69) is 10.3 Å². The minimum absolute atomic E-state index is 0.112. The van der Waals surface area contributed by atoms with Crippen molar-refractivity contribution < 1.29 is 14.3 Å². The van der Waals surface area contributed by atoms with E-state index in [1.807, 2.05) is 58.6 Å². The van der Waals surface area contributed by atoms with Crippen molar-refractivity contribution in [3.05, 3.63) is 65.8 Å². The third-order valence-electron chi connectivity index (χ3n) is 4.40. The molecule has 0 aliphatic rings. The fraction of sp³-hybridized carbons (Fsp3) is 0.143. The van der Waals surface area contributed by atoms with E-state index in [-0.39, 0.29) is 12.3 Å². The number of imidazole rings is 1. The number of carbonyl (C=O) groups is 1. The minimum atomic E-state index is -0.112. The zero-order valence-corrected chi connectivity index (χ0v) is 16.3. The van der Waals surface area contributed by atoms with Gasteiger partial charge in [0.2, 0.25) is 5.91 Å². The summed E-state index contributed by atoms with van der Waals surface area (Å²) in [4.78, 5) is 18.0. The van der Waals surface area contributed by atoms with E-state index < -0.39 is 0 Å². The normalized spacial score (nSPS) is 10.8. The van der Waals surface area contributed by atoms with Crippen LogP contribution >= 0.6 is 11.3 Å². The second-order valence-corrected chi connectivity index (χ2v) is 7.07. The number of hydrogen-bond donors (Lipinski definition) is 1. The molecule has 0 radical (unpaired) electrons. The van der Waals surface area contributed by atoms with Crippen LogP contribution in [0.15, 0.2) is 60.2 Å². The maximum absolute atomic E-state index is 12.4. The molecule has 0 bridgehead atoms. The smallest absolute Gasteiger partial charge is 0.228 e. The summed E-state index contributed by atoms with van der Waals surface area (Å²) in [6.45, 7) is 0. The van der Waals surface area contributed by atoms with Crippen molar-refractivity contribution in [3.63, 3.8) is 0 Å². The van der Waals surface area contributed by atoms with Crippen LogP contribution in [-0.4, -0.2) is 29.5 Å². The molecule has 0 atom stereocenters. The number of benzene rings is 2. The fourth-order valence-electron chi connectivity index (χ4n) is 2.97. The van der Waals surface area contributed by atoms with Crippen LogP contribution < -0.4 is 14.8 Å². The van der Waals surface area contributed by atoms with Gasteiger partial charge in [-0.15, -0.1) is 11.3 Å². The molecule has 2 heterocycles. The molecule has 2 aromatic carbocycles. The molecule has 0 aliphatic carbocycles. The summed E-state index contributed by atoms with van der Waals surface area (Å²) in [6.07, 6.45) is 4.19. The predicted molar refractivity (Wildman–Crippen MR) is 110 cm³/mol. The van der Waals surface area contributed by atoms with Crippen LogP contribution in [0.1, 0.15) is 5.56 Å². The summed E-state index contributed by atoms with van der Waals surface area (Å²) in [7, 11) is 3.17. The summed E-state index contributed by atoms with van der Waals surface area (Å²) in [5.74, 6) is 1.21. The summed E-state index contributed by atoms with van der Waals surface area (Å²) in [6, 6.07) is 13.1. The highest BCUT2D eigenvalue weighted by atomic mass is 32.1. The standard InChI is InChI=1S/C21H19N3O3S/c1-26-17-8-5-15(19(12-17)27-2)11-20(25)22-16-6-3-14(4-7-16)18-13-24-9-10-28-21(24)23-18/h3-10,12-13H,11H2,1-2H3,(H,22,25). The summed E-state index contributed by atoms with van der Waals surface area (Å²) in [5.41, 5.74) is 3.45. The number of ether oxygens (including phenoxy) is 2. The first-order valence-corrected chi connectivity index (χ1v) is 9.57. The van der Waals surface area contributed by atoms with Crippen molar-refractivity contribution in [2.75, 3.05) is 19.5 Å². The van der Waals surface area contributed by atoms with Gasteiger partial charge in [0.1, 0.15) is 11.5 Å². The lowest BCUT2D eigenvalue weighted by molar-refractivity contribution is -0.115. The van der Waals surface area contributed by atoms with Gasteiger partial charge < -0.3 is 14.8 Å². The first-order chi connectivity index (χ1) is 13.7. The molecule has 0 aliphatic heterocycles. The van der Waals surface area contributed by atoms with Gasteiger partial charge in [0.25, 0.3) is 0 Å². The van der Waals surface area contributed by atoms with Crippen LogP contribution in [0.3, 0.4) is 0 Å². The number of nitrogens with zero attached hydrogens (tertiary/aromatic N) is 2. The highest BCUT2D eigenvalue weighted by Gasteiger charge is 2.11. The number of anilines is 1. The zero-order chi connectivity index (χ0) is 19.5. The number of methoxy groups -OCH3 is 2. The molecule has 0 saturated carbocycles. The average Bonchev–Trinajstić information content (AvgIpc) is 3.31. The quantitative estimate of drug-likeness (QED) is 0.532. The number of hydrogen-bond acceptors (Lipinski definition) is 5. The first kappa shape index (κ1) is 18.1. The average molecular weight is 393 g/mol. The Hall–Kier alpha value is -3.32. The summed E-state index contributed by atoms with van der Waals surface area (Å²) < 4.78 is 12.5. The molecule has 28 heavy (non-hydrogen) atoms. The number of carbonyl (C=O) groups excluding carboxylic acids is 1. The van der Waals surface area contributed by atoms with Gasteiger partial charge in [0, 0.05) is 40.7 Å². The second-order valence-electron chi connectivity index (χ2n) is 6.20. The van der Waals surface area contributed by atoms with E-state index in [9.17, 15) is 4.79 Å². The zero-order valence-electron chi connectivity index (χ0n) is 15.5. The molecule has 6 nitrogen and oxygen atoms in total. The second kappa shape index (κ2) is 7.74. The van der Waals surface area contributed by atoms with Gasteiger partial charge in [-0.1, -0.05) is 18.2 Å². The van der Waals surface area contributed by atoms with E-state index in [1.54, 1.807) is 31.6 Å². The molecule has 4 aromatic rings. The first-order valence-electron chi connectivity index (χ1n) is 8.69. The Morgan fingerprint density at radius 2 is 1.96 bits per heavy atom. The lowest BCUT2D eigenvalue weighted by atomic mass is 10.1. The fourth-order valence-corrected chi connectivity index (χ4v) is 3.67. The highest BCUT2D eigenvalue weighted by molar-refractivity contribution is 7.15. The van der Waals surface area contributed by atoms with E-state index in [4.69, 9.17) is 9.47 Å². The van der Waals surface area contributed by atoms with Gasteiger partial charge in [0.15, 0.2) is 4.96 Å². The molecule has 0 unspecified atom stereocenters. The number of nitrogens with one attached hydrogen (secondary N) is 1. The van der Waals surface area contributed by atoms with Crippen LogP contribution in [-0.2, 0) is 11.2 Å². The molecular formula is C21H19N3O3S. The van der Waals surface area contributed by atoms with Gasteiger partial charge in [0.05, 0.1) is 26.3 Å². The van der Waals surface area contributed by atoms with Gasteiger partial charge >= 0.3 is 0 Å². The van der Waals surface area contributed by atoms with Gasteiger partial charge in [-0.05, 0) is 18.2 Å². The Morgan fingerprint density at radius 1 is 1.14 bits per heavy atom. The molecule has 1 amide bonds. The Labute approximate surface area is 166 Å². The topological polar surface area (TPSA) is 64.9 Å². The van der Waals surface area contributed by atoms with Crippen molar-refractivity contribution in [2.45, 2.75) is 6.42 Å². The number of rotatable bonds is 6. The molecule has 0 fully saturated rings. The predicted octanol–water partition coefficient (Wildman–Crippen LogP) is 4.26. The van der Waals surface area contributed by atoms with Gasteiger partial charge in [-0.3, -0.25) is 9.20 Å². The van der Waals surface area contributed by atoms with Crippen molar-refractivity contribution in [1.29, 1.82) is 0 Å². The minimum Gasteiger partial charge on any atom is -0.497 e. The van der Waals surface area contributed by atoms with Crippen LogP contribution in [0, 0.1) is 0 Å². The Bertz CT molecular complexity index is 1090. The molecule has 1 N–H and O–H groups in total. The number of thiazole rings is 1. The van der Waals surface area contributed by atoms with Crippen LogP contribution in [0.2, 0.25) is 0 Å². The van der Waals surface area contributed by atoms with Gasteiger partial charge in [-0.2, -0.15) is 0 Å². The molecule has 7 heteroatoms. The molecule has 0 spiro atoms. The third kappa shape index (κ3) is 3.70. The van der Waals surface area contributed by atoms with E-state index >= 15 is 0 Å². The molecule has 2 aromatic heterocycles. The van der Waals surface area contributed by atoms with Crippen molar-refractivity contribution in [1.82, 2.24) is 9.38 Å². The Morgan fingerprint density at radius 3 is 2.68 bits per heavy atom. The Balaban J connectivity index is 1.44. The van der Waals surface area contributed by atoms with Crippen LogP contribution in [0.5, 0.6) is 11.5 Å². The van der Waals surface area contributed by atoms with Crippen molar-refractivity contribution in [3.8, 4) is 22.8 Å². The van der Waals surface area contributed by atoms with Crippen LogP contribution in [0.4, 0.5) is 5.69 Å². The van der Waals surface area contributed by atoms with Crippen molar-refractivity contribution >= 4 is 27.9 Å². The van der Waals surface area contributed by atoms with E-state index in [0.717, 1.165) is 27.5 Å². The largest absolute Gasteiger partial charge is 0.497 e. The van der Waals surface area contributed by atoms with Crippen molar-refractivity contribution in [2.24, 2.45) is 0 Å². The molecule has 4 rings (SSSR count).